The predicted molar refractivity (Wildman–Crippen MR) is 245 cm³/mol. The second-order valence-electron chi connectivity index (χ2n) is 14.9. The summed E-state index contributed by atoms with van der Waals surface area (Å²) in [4.78, 5) is 5.19. The molecule has 0 aliphatic heterocycles. The van der Waals surface area contributed by atoms with Crippen molar-refractivity contribution in [2.75, 3.05) is 0 Å². The first kappa shape index (κ1) is 34.7. The minimum Gasteiger partial charge on any atom is -0.309 e. The molecule has 0 saturated carbocycles. The van der Waals surface area contributed by atoms with Gasteiger partial charge in [0.25, 0.3) is 0 Å². The molecule has 9 aromatic carbocycles. The highest BCUT2D eigenvalue weighted by molar-refractivity contribution is 8.34. The van der Waals surface area contributed by atoms with Crippen molar-refractivity contribution in [3.63, 3.8) is 0 Å². The number of aromatic nitrogens is 2. The van der Waals surface area contributed by atoms with Gasteiger partial charge in [-0.2, -0.15) is 5.26 Å². The summed E-state index contributed by atoms with van der Waals surface area (Å²) in [5, 5.41) is 14.5. The summed E-state index contributed by atoms with van der Waals surface area (Å²) in [6.45, 7) is 0. The van der Waals surface area contributed by atoms with E-state index in [1.165, 1.54) is 57.7 Å². The molecular weight excluding hydrogens is 735 g/mol. The van der Waals surface area contributed by atoms with Crippen LogP contribution in [0.5, 0.6) is 0 Å². The molecular formula is C55H37N3S. The van der Waals surface area contributed by atoms with E-state index in [0.29, 0.717) is 5.56 Å². The summed E-state index contributed by atoms with van der Waals surface area (Å²) in [6, 6.07) is 83.6. The van der Waals surface area contributed by atoms with E-state index >= 15 is 0 Å². The van der Waals surface area contributed by atoms with Crippen molar-refractivity contribution in [2.45, 2.75) is 19.6 Å². The molecule has 0 bridgehead atoms. The lowest BCUT2D eigenvalue weighted by atomic mass is 10.0. The Hall–Kier alpha value is -7.58. The number of rotatable bonds is 7. The molecule has 3 nitrogen and oxygen atoms in total. The minimum absolute atomic E-state index is 0.647. The quantitative estimate of drug-likeness (QED) is 0.159. The summed E-state index contributed by atoms with van der Waals surface area (Å²) < 4.78 is 4.71. The average Bonchev–Trinajstić information content (AvgIpc) is 3.83. The largest absolute Gasteiger partial charge is 0.309 e. The minimum atomic E-state index is -1.86. The van der Waals surface area contributed by atoms with Crippen LogP contribution in [-0.4, -0.2) is 9.13 Å². The fraction of sp³-hybridized carbons (Fsp3) is 0. The SMILES string of the molecule is N#Cc1cccc(-n2c3ccccc3c3cc(-c4ccc5c(c4)c4ccccc4n5-c4cccc(S(c5ccccc5)(c5ccccc5)c5ccccc5)c4)ccc32)c1. The van der Waals surface area contributed by atoms with Crippen LogP contribution >= 0.6 is 10.0 Å². The van der Waals surface area contributed by atoms with Gasteiger partial charge in [0.1, 0.15) is 0 Å². The lowest BCUT2D eigenvalue weighted by molar-refractivity contribution is 1.15. The molecule has 0 N–H and O–H groups in total. The van der Waals surface area contributed by atoms with Crippen LogP contribution in [0, 0.1) is 11.3 Å². The Bertz CT molecular complexity index is 3300. The first-order valence-electron chi connectivity index (χ1n) is 19.9. The van der Waals surface area contributed by atoms with Gasteiger partial charge < -0.3 is 9.13 Å². The standard InChI is InChI=1S/C55H37N3S/c56-38-39-16-14-17-42(34-39)57-52-28-12-10-26-48(52)50-35-40(30-32-54(50)57)41-31-33-55-51(36-41)49-27-11-13-29-53(49)58(55)43-18-15-25-47(37-43)59(44-19-4-1-5-20-44,45-21-6-2-7-22-45)46-23-8-3-9-24-46/h1-37H. The van der Waals surface area contributed by atoms with Gasteiger partial charge in [0, 0.05) is 52.5 Å². The smallest absolute Gasteiger partial charge is 0.0992 e. The second kappa shape index (κ2) is 14.1. The summed E-state index contributed by atoms with van der Waals surface area (Å²) in [7, 11) is -1.86. The van der Waals surface area contributed by atoms with Gasteiger partial charge in [-0.1, -0.05) is 115 Å². The molecule has 0 saturated heterocycles. The van der Waals surface area contributed by atoms with Gasteiger partial charge in [0.15, 0.2) is 0 Å². The normalized spacial score (nSPS) is 12.0. The third kappa shape index (κ3) is 5.51. The third-order valence-corrected chi connectivity index (χ3v) is 15.5. The first-order chi connectivity index (χ1) is 29.2. The molecule has 11 aromatic rings. The Labute approximate surface area is 344 Å². The van der Waals surface area contributed by atoms with E-state index in [2.05, 4.69) is 221 Å². The average molecular weight is 772 g/mol. The van der Waals surface area contributed by atoms with Crippen LogP contribution in [-0.2, 0) is 0 Å². The summed E-state index contributed by atoms with van der Waals surface area (Å²) in [6.07, 6.45) is 0. The Morgan fingerprint density at radius 2 is 0.729 bits per heavy atom. The number of nitriles is 1. The lowest BCUT2D eigenvalue weighted by Crippen LogP contribution is -2.06. The molecule has 59 heavy (non-hydrogen) atoms. The number of nitrogens with zero attached hydrogens (tertiary/aromatic N) is 3. The van der Waals surface area contributed by atoms with E-state index in [1.807, 2.05) is 18.2 Å². The molecule has 0 unspecified atom stereocenters. The van der Waals surface area contributed by atoms with Crippen LogP contribution < -0.4 is 0 Å². The summed E-state index contributed by atoms with van der Waals surface area (Å²) in [5.74, 6) is 0. The number of hydrogen-bond acceptors (Lipinski definition) is 1. The highest BCUT2D eigenvalue weighted by Gasteiger charge is 2.33. The van der Waals surface area contributed by atoms with Crippen LogP contribution in [0.25, 0.3) is 66.1 Å². The van der Waals surface area contributed by atoms with E-state index in [0.717, 1.165) is 28.0 Å². The van der Waals surface area contributed by atoms with Gasteiger partial charge in [-0.3, -0.25) is 0 Å². The molecule has 11 rings (SSSR count). The molecule has 278 valence electrons. The van der Waals surface area contributed by atoms with Crippen LogP contribution in [0.1, 0.15) is 5.56 Å². The van der Waals surface area contributed by atoms with Gasteiger partial charge in [0.2, 0.25) is 0 Å². The van der Waals surface area contributed by atoms with Crippen molar-refractivity contribution in [1.29, 1.82) is 5.26 Å². The van der Waals surface area contributed by atoms with Crippen LogP contribution in [0.2, 0.25) is 0 Å². The maximum Gasteiger partial charge on any atom is 0.0992 e. The van der Waals surface area contributed by atoms with Crippen molar-refractivity contribution < 1.29 is 0 Å². The zero-order valence-electron chi connectivity index (χ0n) is 32.1. The monoisotopic (exact) mass is 771 g/mol. The van der Waals surface area contributed by atoms with Crippen molar-refractivity contribution in [3.8, 4) is 28.6 Å². The van der Waals surface area contributed by atoms with Crippen LogP contribution in [0.3, 0.4) is 0 Å². The zero-order valence-corrected chi connectivity index (χ0v) is 32.9. The van der Waals surface area contributed by atoms with Gasteiger partial charge in [-0.15, -0.1) is 10.0 Å². The molecule has 0 spiro atoms. The van der Waals surface area contributed by atoms with E-state index in [1.54, 1.807) is 0 Å². The molecule has 0 atom stereocenters. The van der Waals surface area contributed by atoms with Crippen LogP contribution in [0.4, 0.5) is 0 Å². The second-order valence-corrected chi connectivity index (χ2v) is 18.0. The predicted octanol–water partition coefficient (Wildman–Crippen LogP) is 14.8. The number of para-hydroxylation sites is 2. The molecule has 0 aliphatic rings. The van der Waals surface area contributed by atoms with Gasteiger partial charge >= 0.3 is 0 Å². The fourth-order valence-corrected chi connectivity index (χ4v) is 13.0. The third-order valence-electron chi connectivity index (χ3n) is 11.6. The Morgan fingerprint density at radius 1 is 0.322 bits per heavy atom. The Morgan fingerprint density at radius 3 is 1.22 bits per heavy atom. The molecule has 0 radical (unpaired) electrons. The van der Waals surface area contributed by atoms with Crippen molar-refractivity contribution in [3.05, 3.63) is 230 Å². The molecule has 0 amide bonds. The van der Waals surface area contributed by atoms with Gasteiger partial charge in [-0.25, -0.2) is 0 Å². The summed E-state index contributed by atoms with van der Waals surface area (Å²) in [5.41, 5.74) is 9.67. The van der Waals surface area contributed by atoms with Gasteiger partial charge in [-0.05, 0) is 120 Å². The molecule has 0 aliphatic carbocycles. The Kier molecular flexibility index (Phi) is 8.29. The maximum absolute atomic E-state index is 9.67. The fourth-order valence-electron chi connectivity index (χ4n) is 9.08. The van der Waals surface area contributed by atoms with Crippen LogP contribution in [0.15, 0.2) is 244 Å². The van der Waals surface area contributed by atoms with Crippen molar-refractivity contribution >= 4 is 53.6 Å². The molecule has 4 heteroatoms. The maximum atomic E-state index is 9.67. The van der Waals surface area contributed by atoms with Gasteiger partial charge in [0.05, 0.1) is 33.7 Å². The molecule has 2 aromatic heterocycles. The number of fused-ring (bicyclic) bond motifs is 6. The van der Waals surface area contributed by atoms with E-state index < -0.39 is 10.0 Å². The van der Waals surface area contributed by atoms with E-state index in [4.69, 9.17) is 0 Å². The summed E-state index contributed by atoms with van der Waals surface area (Å²) >= 11 is 0. The molecule has 0 fully saturated rings. The Balaban J connectivity index is 1.09. The number of benzene rings is 9. The van der Waals surface area contributed by atoms with E-state index in [-0.39, 0.29) is 0 Å². The molecule has 2 heterocycles. The highest BCUT2D eigenvalue weighted by Crippen LogP contribution is 2.73. The van der Waals surface area contributed by atoms with E-state index in [9.17, 15) is 5.26 Å². The highest BCUT2D eigenvalue weighted by atomic mass is 32.3. The van der Waals surface area contributed by atoms with Crippen molar-refractivity contribution in [2.24, 2.45) is 0 Å². The topological polar surface area (TPSA) is 33.6 Å². The van der Waals surface area contributed by atoms with Crippen molar-refractivity contribution in [1.82, 2.24) is 9.13 Å². The lowest BCUT2D eigenvalue weighted by Gasteiger charge is -2.42. The zero-order chi connectivity index (χ0) is 39.3. The first-order valence-corrected chi connectivity index (χ1v) is 21.5. The number of hydrogen-bond donors (Lipinski definition) is 0.